The van der Waals surface area contributed by atoms with Crippen LogP contribution in [0.3, 0.4) is 0 Å². The lowest BCUT2D eigenvalue weighted by Gasteiger charge is -2.25. The first-order valence-corrected chi connectivity index (χ1v) is 20.6. The molecule has 0 aliphatic heterocycles. The van der Waals surface area contributed by atoms with Gasteiger partial charge in [-0.25, -0.2) is 0 Å². The van der Waals surface area contributed by atoms with Crippen molar-refractivity contribution >= 4 is 0 Å². The highest BCUT2D eigenvalue weighted by Gasteiger charge is 2.16. The van der Waals surface area contributed by atoms with Crippen LogP contribution in [0, 0.1) is 0 Å². The van der Waals surface area contributed by atoms with Crippen LogP contribution >= 0.6 is 0 Å². The summed E-state index contributed by atoms with van der Waals surface area (Å²) in [6.07, 6.45) is 54.7. The molecular weight excluding hydrogens is 574 g/mol. The number of hydrogen-bond acceptors (Lipinski definition) is 3. The van der Waals surface area contributed by atoms with Crippen LogP contribution in [0.2, 0.25) is 0 Å². The van der Waals surface area contributed by atoms with Crippen LogP contribution in [-0.4, -0.2) is 49.5 Å². The topological polar surface area (TPSA) is 32.7 Å². The molecule has 0 rings (SSSR count). The second-order valence-corrected chi connectivity index (χ2v) is 14.3. The molecule has 0 aromatic rings. The highest BCUT2D eigenvalue weighted by molar-refractivity contribution is 4.93. The highest BCUT2D eigenvalue weighted by atomic mass is 16.5. The number of nitrogens with zero attached hydrogens (tertiary/aromatic N) is 1. The Balaban J connectivity index is 4.04. The molecule has 0 radical (unpaired) electrons. The van der Waals surface area contributed by atoms with E-state index in [9.17, 15) is 5.11 Å². The Bertz CT molecular complexity index is 710. The van der Waals surface area contributed by atoms with Gasteiger partial charge in [-0.3, -0.25) is 0 Å². The smallest absolute Gasteiger partial charge is 0.0821 e. The minimum absolute atomic E-state index is 0.0251. The van der Waals surface area contributed by atoms with Crippen molar-refractivity contribution in [2.24, 2.45) is 0 Å². The minimum atomic E-state index is -0.0251. The van der Waals surface area contributed by atoms with E-state index >= 15 is 0 Å². The van der Waals surface area contributed by atoms with E-state index in [1.54, 1.807) is 0 Å². The molecule has 0 aliphatic rings. The van der Waals surface area contributed by atoms with Crippen molar-refractivity contribution in [3.8, 4) is 0 Å². The summed E-state index contributed by atoms with van der Waals surface area (Å²) in [5.74, 6) is 0. The third-order valence-corrected chi connectivity index (χ3v) is 9.19. The van der Waals surface area contributed by atoms with E-state index in [0.29, 0.717) is 6.10 Å². The van der Waals surface area contributed by atoms with Crippen LogP contribution in [0.25, 0.3) is 0 Å². The van der Waals surface area contributed by atoms with E-state index in [1.807, 2.05) is 0 Å². The van der Waals surface area contributed by atoms with Gasteiger partial charge in [-0.15, -0.1) is 0 Å². The van der Waals surface area contributed by atoms with Gasteiger partial charge in [0.1, 0.15) is 0 Å². The fourth-order valence-electron chi connectivity index (χ4n) is 6.05. The van der Waals surface area contributed by atoms with Gasteiger partial charge < -0.3 is 14.7 Å². The van der Waals surface area contributed by atoms with Gasteiger partial charge in [0.2, 0.25) is 0 Å². The molecule has 0 spiro atoms. The largest absolute Gasteiger partial charge is 0.394 e. The third-order valence-electron chi connectivity index (χ3n) is 9.19. The second kappa shape index (κ2) is 39.3. The van der Waals surface area contributed by atoms with Crippen LogP contribution in [0.4, 0.5) is 0 Å². The van der Waals surface area contributed by atoms with Crippen LogP contribution in [0.1, 0.15) is 194 Å². The zero-order chi connectivity index (χ0) is 34.3. The first-order chi connectivity index (χ1) is 23.1. The van der Waals surface area contributed by atoms with E-state index in [-0.39, 0.29) is 12.7 Å². The molecule has 2 atom stereocenters. The van der Waals surface area contributed by atoms with Crippen LogP contribution in [0.5, 0.6) is 0 Å². The van der Waals surface area contributed by atoms with Crippen molar-refractivity contribution in [3.63, 3.8) is 0 Å². The zero-order valence-electron chi connectivity index (χ0n) is 32.3. The van der Waals surface area contributed by atoms with E-state index in [2.05, 4.69) is 81.5 Å². The Morgan fingerprint density at radius 1 is 0.447 bits per heavy atom. The monoisotopic (exact) mass is 658 g/mol. The SMILES string of the molecule is CCCCC/C=C\C/C=C\CCCCCCCCCC(CCCCCCCC/C=C\C/C=C\CCCCC)OC(CO)CCN(C)C. The van der Waals surface area contributed by atoms with Gasteiger partial charge in [-0.05, 0) is 97.6 Å². The Labute approximate surface area is 295 Å². The van der Waals surface area contributed by atoms with Crippen LogP contribution < -0.4 is 0 Å². The maximum Gasteiger partial charge on any atom is 0.0821 e. The average molecular weight is 658 g/mol. The normalized spacial score (nSPS) is 13.8. The first-order valence-electron chi connectivity index (χ1n) is 20.6. The fourth-order valence-corrected chi connectivity index (χ4v) is 6.05. The van der Waals surface area contributed by atoms with Gasteiger partial charge in [0.25, 0.3) is 0 Å². The summed E-state index contributed by atoms with van der Waals surface area (Å²) in [5, 5.41) is 9.96. The van der Waals surface area contributed by atoms with E-state index < -0.39 is 0 Å². The van der Waals surface area contributed by atoms with Gasteiger partial charge in [0.05, 0.1) is 18.8 Å². The van der Waals surface area contributed by atoms with Crippen molar-refractivity contribution in [1.29, 1.82) is 0 Å². The summed E-state index contributed by atoms with van der Waals surface area (Å²) in [6.45, 7) is 5.64. The molecule has 3 nitrogen and oxygen atoms in total. The Morgan fingerprint density at radius 3 is 1.17 bits per heavy atom. The number of hydrogen-bond donors (Lipinski definition) is 1. The predicted molar refractivity (Wildman–Crippen MR) is 211 cm³/mol. The Kier molecular flexibility index (Phi) is 38.3. The van der Waals surface area contributed by atoms with Gasteiger partial charge in [-0.2, -0.15) is 0 Å². The standard InChI is InChI=1S/C44H83NO2/c1-5-7-9-11-13-15-17-19-21-23-25-27-29-31-33-35-37-39-43(47-44(42-46)40-41-45(3)4)38-36-34-32-30-28-26-24-22-20-18-16-14-12-10-8-6-2/h13-16,19-22,43-44,46H,5-12,17-18,23-42H2,1-4H3/b15-13-,16-14-,21-19-,22-20-. The van der Waals surface area contributed by atoms with Gasteiger partial charge in [0, 0.05) is 6.54 Å². The van der Waals surface area contributed by atoms with Crippen LogP contribution in [0.15, 0.2) is 48.6 Å². The Hall–Kier alpha value is -1.16. The molecule has 1 N–H and O–H groups in total. The maximum atomic E-state index is 9.96. The molecule has 276 valence electrons. The lowest BCUT2D eigenvalue weighted by atomic mass is 10.0. The molecule has 0 aromatic carbocycles. The molecule has 0 aromatic heterocycles. The summed E-state index contributed by atoms with van der Waals surface area (Å²) in [6, 6.07) is 0. The van der Waals surface area contributed by atoms with Crippen molar-refractivity contribution in [2.75, 3.05) is 27.2 Å². The molecule has 0 amide bonds. The van der Waals surface area contributed by atoms with Gasteiger partial charge >= 0.3 is 0 Å². The zero-order valence-corrected chi connectivity index (χ0v) is 32.3. The van der Waals surface area contributed by atoms with E-state index in [4.69, 9.17) is 4.74 Å². The molecule has 0 saturated carbocycles. The van der Waals surface area contributed by atoms with Gasteiger partial charge in [-0.1, -0.05) is 159 Å². The first kappa shape index (κ1) is 45.8. The summed E-state index contributed by atoms with van der Waals surface area (Å²) in [4.78, 5) is 2.19. The third kappa shape index (κ3) is 37.5. The Morgan fingerprint density at radius 2 is 0.809 bits per heavy atom. The maximum absolute atomic E-state index is 9.96. The minimum Gasteiger partial charge on any atom is -0.394 e. The second-order valence-electron chi connectivity index (χ2n) is 14.3. The molecule has 0 fully saturated rings. The van der Waals surface area contributed by atoms with Crippen molar-refractivity contribution < 1.29 is 9.84 Å². The van der Waals surface area contributed by atoms with Crippen LogP contribution in [-0.2, 0) is 4.74 Å². The molecular formula is C44H83NO2. The van der Waals surface area contributed by atoms with Crippen molar-refractivity contribution in [3.05, 3.63) is 48.6 Å². The van der Waals surface area contributed by atoms with E-state index in [0.717, 1.165) is 38.6 Å². The summed E-state index contributed by atoms with van der Waals surface area (Å²) in [7, 11) is 4.20. The van der Waals surface area contributed by atoms with Crippen molar-refractivity contribution in [1.82, 2.24) is 4.90 Å². The molecule has 0 aliphatic carbocycles. The number of allylic oxidation sites excluding steroid dienone is 8. The van der Waals surface area contributed by atoms with Crippen molar-refractivity contribution in [2.45, 2.75) is 206 Å². The molecule has 0 saturated heterocycles. The summed E-state index contributed by atoms with van der Waals surface area (Å²) in [5.41, 5.74) is 0. The van der Waals surface area contributed by atoms with E-state index in [1.165, 1.54) is 148 Å². The fraction of sp³-hybridized carbons (Fsp3) is 0.818. The number of unbranched alkanes of at least 4 members (excludes halogenated alkanes) is 19. The average Bonchev–Trinajstić information content (AvgIpc) is 3.07. The lowest BCUT2D eigenvalue weighted by molar-refractivity contribution is -0.0528. The quantitative estimate of drug-likeness (QED) is 0.0533. The molecule has 2 unspecified atom stereocenters. The molecule has 47 heavy (non-hydrogen) atoms. The summed E-state index contributed by atoms with van der Waals surface area (Å²) >= 11 is 0. The highest BCUT2D eigenvalue weighted by Crippen LogP contribution is 2.19. The summed E-state index contributed by atoms with van der Waals surface area (Å²) < 4.78 is 6.50. The number of aliphatic hydroxyl groups is 1. The number of ether oxygens (including phenoxy) is 1. The lowest BCUT2D eigenvalue weighted by Crippen LogP contribution is -2.29. The predicted octanol–water partition coefficient (Wildman–Crippen LogP) is 13.5. The number of aliphatic hydroxyl groups excluding tert-OH is 1. The number of rotatable bonds is 37. The molecule has 3 heteroatoms. The van der Waals surface area contributed by atoms with Gasteiger partial charge in [0.15, 0.2) is 0 Å². The molecule has 0 heterocycles. The molecule has 0 bridgehead atoms.